The van der Waals surface area contributed by atoms with Gasteiger partial charge in [0.1, 0.15) is 5.71 Å². The molecule has 130 valence electrons. The van der Waals surface area contributed by atoms with Crippen LogP contribution in [-0.4, -0.2) is 11.5 Å². The Hall–Kier alpha value is -2.24. The second kappa shape index (κ2) is 7.17. The second-order valence-electron chi connectivity index (χ2n) is 6.45. The molecular weight excluding hydrogens is 406 g/mol. The zero-order valence-electron chi connectivity index (χ0n) is 14.5. The Labute approximate surface area is 165 Å². The molecule has 26 heavy (non-hydrogen) atoms. The van der Waals surface area contributed by atoms with Crippen LogP contribution >= 0.6 is 27.3 Å². The van der Waals surface area contributed by atoms with Crippen molar-refractivity contribution >= 4 is 44.5 Å². The molecule has 2 aromatic carbocycles. The van der Waals surface area contributed by atoms with Gasteiger partial charge in [-0.25, -0.2) is 4.99 Å². The van der Waals surface area contributed by atoms with Gasteiger partial charge in [0.2, 0.25) is 0 Å². The van der Waals surface area contributed by atoms with Crippen LogP contribution in [0.4, 0.5) is 5.69 Å². The van der Waals surface area contributed by atoms with Gasteiger partial charge >= 0.3 is 0 Å². The fraction of sp³-hybridized carbons (Fsp3) is 0.143. The molecule has 3 nitrogen and oxygen atoms in total. The predicted octanol–water partition coefficient (Wildman–Crippen LogP) is 6.07. The maximum absolute atomic E-state index is 4.86. The Morgan fingerprint density at radius 3 is 2.54 bits per heavy atom. The van der Waals surface area contributed by atoms with Gasteiger partial charge in [0.05, 0.1) is 10.6 Å². The fourth-order valence-corrected chi connectivity index (χ4v) is 3.96. The van der Waals surface area contributed by atoms with Crippen molar-refractivity contribution in [1.29, 1.82) is 0 Å². The number of amidine groups is 1. The molecule has 0 fully saturated rings. The van der Waals surface area contributed by atoms with Crippen molar-refractivity contribution in [1.82, 2.24) is 5.43 Å². The van der Waals surface area contributed by atoms with Gasteiger partial charge in [0, 0.05) is 15.6 Å². The molecule has 2 heterocycles. The summed E-state index contributed by atoms with van der Waals surface area (Å²) in [6, 6.07) is 18.7. The van der Waals surface area contributed by atoms with Gasteiger partial charge in [-0.1, -0.05) is 60.1 Å². The lowest BCUT2D eigenvalue weighted by Crippen LogP contribution is -2.19. The number of hydrazone groups is 1. The molecule has 3 aromatic rings. The lowest BCUT2D eigenvalue weighted by molar-refractivity contribution is 0.866. The molecule has 0 amide bonds. The third-order valence-corrected chi connectivity index (χ3v) is 5.69. The molecule has 0 spiro atoms. The standard InChI is InChI=1S/C21H18BrN3S/c1-13(2)14-5-7-15(8-6-14)21-23-18-10-9-16(22)12-17(18)20(24-25-21)19-4-3-11-26-19/h3-13H,1-2H3,(H,23,25). The van der Waals surface area contributed by atoms with E-state index in [9.17, 15) is 0 Å². The molecule has 1 aliphatic heterocycles. The number of hydrogen-bond donors (Lipinski definition) is 1. The molecule has 4 rings (SSSR count). The van der Waals surface area contributed by atoms with E-state index in [1.54, 1.807) is 11.3 Å². The summed E-state index contributed by atoms with van der Waals surface area (Å²) in [5.74, 6) is 1.27. The van der Waals surface area contributed by atoms with Crippen molar-refractivity contribution in [2.75, 3.05) is 0 Å². The van der Waals surface area contributed by atoms with Crippen LogP contribution in [0, 0.1) is 0 Å². The highest BCUT2D eigenvalue weighted by Crippen LogP contribution is 2.30. The van der Waals surface area contributed by atoms with E-state index in [1.165, 1.54) is 5.56 Å². The number of nitrogens with one attached hydrogen (secondary N) is 1. The largest absolute Gasteiger partial charge is 0.260 e. The minimum Gasteiger partial charge on any atom is -0.260 e. The number of rotatable bonds is 3. The average Bonchev–Trinajstić information content (AvgIpc) is 3.10. The highest BCUT2D eigenvalue weighted by atomic mass is 79.9. The van der Waals surface area contributed by atoms with Crippen molar-refractivity contribution in [2.45, 2.75) is 19.8 Å². The number of fused-ring (bicyclic) bond motifs is 1. The van der Waals surface area contributed by atoms with Crippen LogP contribution in [0.1, 0.15) is 41.3 Å². The number of aliphatic imine (C=N–C) groups is 1. The Kier molecular flexibility index (Phi) is 4.74. The molecule has 1 aliphatic rings. The van der Waals surface area contributed by atoms with E-state index in [1.807, 2.05) is 18.2 Å². The zero-order chi connectivity index (χ0) is 18.1. The van der Waals surface area contributed by atoms with Crippen molar-refractivity contribution in [3.8, 4) is 0 Å². The summed E-state index contributed by atoms with van der Waals surface area (Å²) in [4.78, 5) is 5.97. The first-order chi connectivity index (χ1) is 12.6. The van der Waals surface area contributed by atoms with E-state index >= 15 is 0 Å². The summed E-state index contributed by atoms with van der Waals surface area (Å²) in [5.41, 5.74) is 8.36. The van der Waals surface area contributed by atoms with Crippen LogP contribution in [0.2, 0.25) is 0 Å². The third-order valence-electron chi connectivity index (χ3n) is 4.32. The average molecular weight is 424 g/mol. The van der Waals surface area contributed by atoms with Gasteiger partial charge in [-0.3, -0.25) is 5.43 Å². The van der Waals surface area contributed by atoms with Crippen LogP contribution < -0.4 is 5.43 Å². The first kappa shape index (κ1) is 17.2. The summed E-state index contributed by atoms with van der Waals surface area (Å²) in [6.07, 6.45) is 0. The van der Waals surface area contributed by atoms with E-state index in [0.717, 1.165) is 37.7 Å². The lowest BCUT2D eigenvalue weighted by atomic mass is 10.0. The van der Waals surface area contributed by atoms with Gasteiger partial charge in [-0.05, 0) is 41.1 Å². The lowest BCUT2D eigenvalue weighted by Gasteiger charge is -2.08. The molecule has 0 radical (unpaired) electrons. The minimum atomic E-state index is 0.509. The normalized spacial score (nSPS) is 13.5. The topological polar surface area (TPSA) is 36.8 Å². The Balaban J connectivity index is 1.80. The molecule has 0 saturated heterocycles. The Bertz CT molecular complexity index is 987. The molecule has 5 heteroatoms. The minimum absolute atomic E-state index is 0.509. The smallest absolute Gasteiger partial charge is 0.154 e. The molecule has 0 atom stereocenters. The van der Waals surface area contributed by atoms with E-state index < -0.39 is 0 Å². The zero-order valence-corrected chi connectivity index (χ0v) is 16.9. The van der Waals surface area contributed by atoms with Crippen molar-refractivity contribution in [3.63, 3.8) is 0 Å². The van der Waals surface area contributed by atoms with Gasteiger partial charge in [-0.15, -0.1) is 11.3 Å². The van der Waals surface area contributed by atoms with Crippen LogP contribution in [0.15, 0.2) is 74.5 Å². The quantitative estimate of drug-likeness (QED) is 0.545. The molecule has 1 N–H and O–H groups in total. The van der Waals surface area contributed by atoms with Crippen molar-refractivity contribution in [3.05, 3.63) is 86.0 Å². The number of nitrogens with zero attached hydrogens (tertiary/aromatic N) is 2. The SMILES string of the molecule is CC(C)c1ccc(C2=Nc3ccc(Br)cc3C(c3cccs3)=NN2)cc1. The number of hydrogen-bond acceptors (Lipinski definition) is 4. The van der Waals surface area contributed by atoms with Crippen LogP contribution in [-0.2, 0) is 0 Å². The highest BCUT2D eigenvalue weighted by molar-refractivity contribution is 9.10. The monoisotopic (exact) mass is 423 g/mol. The summed E-state index contributed by atoms with van der Waals surface area (Å²) in [5, 5.41) is 6.75. The first-order valence-electron chi connectivity index (χ1n) is 8.48. The van der Waals surface area contributed by atoms with Crippen molar-refractivity contribution < 1.29 is 0 Å². The van der Waals surface area contributed by atoms with Gasteiger partial charge < -0.3 is 0 Å². The number of benzene rings is 2. The molecule has 0 bridgehead atoms. The third kappa shape index (κ3) is 3.37. The van der Waals surface area contributed by atoms with Crippen molar-refractivity contribution in [2.24, 2.45) is 10.1 Å². The fourth-order valence-electron chi connectivity index (χ4n) is 2.87. The Morgan fingerprint density at radius 1 is 1.04 bits per heavy atom. The van der Waals surface area contributed by atoms with E-state index in [2.05, 4.69) is 82.1 Å². The first-order valence-corrected chi connectivity index (χ1v) is 10.2. The predicted molar refractivity (Wildman–Crippen MR) is 114 cm³/mol. The Morgan fingerprint density at radius 2 is 1.85 bits per heavy atom. The summed E-state index contributed by atoms with van der Waals surface area (Å²) >= 11 is 5.24. The molecule has 0 unspecified atom stereocenters. The molecule has 0 aliphatic carbocycles. The summed E-state index contributed by atoms with van der Waals surface area (Å²) in [7, 11) is 0. The van der Waals surface area contributed by atoms with E-state index in [0.29, 0.717) is 5.92 Å². The van der Waals surface area contributed by atoms with Gasteiger partial charge in [0.15, 0.2) is 5.84 Å². The molecule has 1 aromatic heterocycles. The molecular formula is C21H18BrN3S. The number of thiophene rings is 1. The van der Waals surface area contributed by atoms with Crippen LogP contribution in [0.25, 0.3) is 0 Å². The van der Waals surface area contributed by atoms with Crippen LogP contribution in [0.5, 0.6) is 0 Å². The van der Waals surface area contributed by atoms with E-state index in [4.69, 9.17) is 4.99 Å². The van der Waals surface area contributed by atoms with E-state index in [-0.39, 0.29) is 0 Å². The highest BCUT2D eigenvalue weighted by Gasteiger charge is 2.18. The molecule has 0 saturated carbocycles. The van der Waals surface area contributed by atoms with Crippen LogP contribution in [0.3, 0.4) is 0 Å². The number of halogens is 1. The van der Waals surface area contributed by atoms with Gasteiger partial charge in [0.25, 0.3) is 0 Å². The summed E-state index contributed by atoms with van der Waals surface area (Å²) < 4.78 is 1.01. The van der Waals surface area contributed by atoms with Gasteiger partial charge in [-0.2, -0.15) is 5.10 Å². The summed E-state index contributed by atoms with van der Waals surface area (Å²) in [6.45, 7) is 4.39. The second-order valence-corrected chi connectivity index (χ2v) is 8.31. The maximum Gasteiger partial charge on any atom is 0.154 e. The maximum atomic E-state index is 4.86.